The van der Waals surface area contributed by atoms with E-state index >= 15 is 0 Å². The number of nitrogens with zero attached hydrogens (tertiary/aromatic N) is 2. The minimum absolute atomic E-state index is 0.0735. The third kappa shape index (κ3) is 4.96. The largest absolute Gasteiger partial charge is 0.493 e. The van der Waals surface area contributed by atoms with Crippen molar-refractivity contribution >= 4 is 28.8 Å². The van der Waals surface area contributed by atoms with Crippen molar-refractivity contribution in [3.8, 4) is 22.1 Å². The maximum Gasteiger partial charge on any atom is 0.273 e. The second kappa shape index (κ2) is 9.41. The molecule has 0 fully saturated rings. The number of benzene rings is 2. The van der Waals surface area contributed by atoms with Crippen LogP contribution in [0.15, 0.2) is 47.8 Å². The highest BCUT2D eigenvalue weighted by molar-refractivity contribution is 7.13. The van der Waals surface area contributed by atoms with Gasteiger partial charge in [-0.25, -0.2) is 4.98 Å². The van der Waals surface area contributed by atoms with E-state index in [1.807, 2.05) is 43.3 Å². The molecule has 2 aromatic carbocycles. The lowest BCUT2D eigenvalue weighted by molar-refractivity contribution is -0.116. The number of aryl methyl sites for hydroxylation is 1. The van der Waals surface area contributed by atoms with Gasteiger partial charge in [0.25, 0.3) is 5.91 Å². The Kier molecular flexibility index (Phi) is 6.68. The van der Waals surface area contributed by atoms with Gasteiger partial charge in [-0.15, -0.1) is 11.3 Å². The molecule has 0 saturated heterocycles. The number of methoxy groups -OCH3 is 2. The van der Waals surface area contributed by atoms with E-state index in [-0.39, 0.29) is 24.1 Å². The highest BCUT2D eigenvalue weighted by Crippen LogP contribution is 2.33. The summed E-state index contributed by atoms with van der Waals surface area (Å²) in [5, 5.41) is 5.15. The maximum absolute atomic E-state index is 12.7. The van der Waals surface area contributed by atoms with E-state index in [2.05, 4.69) is 10.3 Å². The third-order valence-corrected chi connectivity index (χ3v) is 5.31. The normalized spacial score (nSPS) is 10.4. The highest BCUT2D eigenvalue weighted by atomic mass is 32.1. The van der Waals surface area contributed by atoms with Crippen LogP contribution in [0.1, 0.15) is 16.1 Å². The van der Waals surface area contributed by atoms with E-state index in [4.69, 9.17) is 9.47 Å². The smallest absolute Gasteiger partial charge is 0.273 e. The second-order valence-electron chi connectivity index (χ2n) is 6.68. The van der Waals surface area contributed by atoms with Crippen molar-refractivity contribution in [2.45, 2.75) is 6.92 Å². The molecule has 0 aliphatic carbocycles. The molecule has 3 aromatic rings. The van der Waals surface area contributed by atoms with Crippen molar-refractivity contribution < 1.29 is 19.1 Å². The quantitative estimate of drug-likeness (QED) is 0.622. The lowest BCUT2D eigenvalue weighted by Crippen LogP contribution is -2.35. The first-order chi connectivity index (χ1) is 14.4. The van der Waals surface area contributed by atoms with Gasteiger partial charge >= 0.3 is 0 Å². The van der Waals surface area contributed by atoms with Gasteiger partial charge in [0.2, 0.25) is 5.91 Å². The molecule has 0 aliphatic heterocycles. The molecule has 3 rings (SSSR count). The van der Waals surface area contributed by atoms with Gasteiger partial charge in [-0.3, -0.25) is 9.59 Å². The zero-order valence-corrected chi connectivity index (χ0v) is 18.1. The van der Waals surface area contributed by atoms with Gasteiger partial charge in [-0.2, -0.15) is 0 Å². The molecule has 8 heteroatoms. The number of rotatable bonds is 7. The molecule has 1 N–H and O–H groups in total. The molecule has 0 atom stereocenters. The van der Waals surface area contributed by atoms with Crippen molar-refractivity contribution in [2.24, 2.45) is 0 Å². The Bertz CT molecular complexity index is 1050. The van der Waals surface area contributed by atoms with Gasteiger partial charge in [-0.1, -0.05) is 17.7 Å². The number of aromatic nitrogens is 1. The van der Waals surface area contributed by atoms with E-state index < -0.39 is 0 Å². The SMILES string of the molecule is COc1ccc(-c2nc(C(=O)N(C)CC(=O)Nc3ccc(C)cc3)cs2)cc1OC. The maximum atomic E-state index is 12.7. The Morgan fingerprint density at radius 3 is 2.43 bits per heavy atom. The van der Waals surface area contributed by atoms with Crippen LogP contribution in [0.2, 0.25) is 0 Å². The van der Waals surface area contributed by atoms with E-state index in [1.54, 1.807) is 32.7 Å². The molecule has 0 unspecified atom stereocenters. The van der Waals surface area contributed by atoms with Gasteiger partial charge in [0.1, 0.15) is 10.7 Å². The molecule has 0 bridgehead atoms. The zero-order valence-electron chi connectivity index (χ0n) is 17.3. The van der Waals surface area contributed by atoms with Crippen LogP contribution >= 0.6 is 11.3 Å². The molecule has 1 aromatic heterocycles. The number of hydrogen-bond donors (Lipinski definition) is 1. The van der Waals surface area contributed by atoms with Crippen molar-refractivity contribution in [3.05, 3.63) is 59.1 Å². The number of amides is 2. The summed E-state index contributed by atoms with van der Waals surface area (Å²) in [6.45, 7) is 1.90. The molecule has 30 heavy (non-hydrogen) atoms. The number of hydrogen-bond acceptors (Lipinski definition) is 6. The number of anilines is 1. The van der Waals surface area contributed by atoms with Crippen molar-refractivity contribution in [1.29, 1.82) is 0 Å². The Labute approximate surface area is 179 Å². The lowest BCUT2D eigenvalue weighted by atomic mass is 10.2. The molecule has 0 aliphatic rings. The van der Waals surface area contributed by atoms with Crippen LogP contribution in [0.5, 0.6) is 11.5 Å². The number of ether oxygens (including phenoxy) is 2. The first-order valence-electron chi connectivity index (χ1n) is 9.21. The number of thiazole rings is 1. The molecule has 0 saturated carbocycles. The van der Waals surface area contributed by atoms with E-state index in [9.17, 15) is 9.59 Å². The predicted octanol–water partition coefficient (Wildman–Crippen LogP) is 3.85. The van der Waals surface area contributed by atoms with Gasteiger partial charge < -0.3 is 19.7 Å². The van der Waals surface area contributed by atoms with Crippen molar-refractivity contribution in [2.75, 3.05) is 33.1 Å². The molecule has 0 radical (unpaired) electrons. The van der Waals surface area contributed by atoms with Crippen LogP contribution in [0.4, 0.5) is 5.69 Å². The summed E-state index contributed by atoms with van der Waals surface area (Å²) >= 11 is 1.35. The molecule has 7 nitrogen and oxygen atoms in total. The number of carbonyl (C=O) groups is 2. The summed E-state index contributed by atoms with van der Waals surface area (Å²) in [6.07, 6.45) is 0. The molecular formula is C22H23N3O4S. The fourth-order valence-electron chi connectivity index (χ4n) is 2.79. The van der Waals surface area contributed by atoms with Crippen LogP contribution < -0.4 is 14.8 Å². The minimum Gasteiger partial charge on any atom is -0.493 e. The first-order valence-corrected chi connectivity index (χ1v) is 10.1. The minimum atomic E-state index is -0.322. The molecule has 0 spiro atoms. The van der Waals surface area contributed by atoms with Crippen molar-refractivity contribution in [1.82, 2.24) is 9.88 Å². The number of nitrogens with one attached hydrogen (secondary N) is 1. The average Bonchev–Trinajstić information content (AvgIpc) is 3.24. The highest BCUT2D eigenvalue weighted by Gasteiger charge is 2.19. The Morgan fingerprint density at radius 2 is 1.77 bits per heavy atom. The fraction of sp³-hybridized carbons (Fsp3) is 0.227. The predicted molar refractivity (Wildman–Crippen MR) is 117 cm³/mol. The van der Waals surface area contributed by atoms with Crippen LogP contribution in [-0.2, 0) is 4.79 Å². The summed E-state index contributed by atoms with van der Waals surface area (Å²) in [5.41, 5.74) is 2.90. The fourth-order valence-corrected chi connectivity index (χ4v) is 3.58. The van der Waals surface area contributed by atoms with E-state index in [0.29, 0.717) is 22.2 Å². The molecule has 156 valence electrons. The van der Waals surface area contributed by atoms with E-state index in [1.165, 1.54) is 16.2 Å². The van der Waals surface area contributed by atoms with Crippen LogP contribution in [0.3, 0.4) is 0 Å². The Morgan fingerprint density at radius 1 is 1.07 bits per heavy atom. The lowest BCUT2D eigenvalue weighted by Gasteiger charge is -2.15. The van der Waals surface area contributed by atoms with Crippen molar-refractivity contribution in [3.63, 3.8) is 0 Å². The number of likely N-dealkylation sites (N-methyl/N-ethyl adjacent to an activating group) is 1. The number of carbonyl (C=O) groups excluding carboxylic acids is 2. The van der Waals surface area contributed by atoms with Crippen LogP contribution in [0, 0.1) is 6.92 Å². The monoisotopic (exact) mass is 425 g/mol. The topological polar surface area (TPSA) is 80.8 Å². The van der Waals surface area contributed by atoms with Gasteiger partial charge in [0, 0.05) is 23.7 Å². The first kappa shape index (κ1) is 21.3. The summed E-state index contributed by atoms with van der Waals surface area (Å²) in [4.78, 5) is 30.7. The molecular weight excluding hydrogens is 402 g/mol. The summed E-state index contributed by atoms with van der Waals surface area (Å²) in [5.74, 6) is 0.610. The summed E-state index contributed by atoms with van der Waals surface area (Å²) < 4.78 is 10.6. The average molecular weight is 426 g/mol. The standard InChI is InChI=1S/C22H23N3O4S/c1-14-5-8-16(9-6-14)23-20(26)12-25(2)22(27)17-13-30-21(24-17)15-7-10-18(28-3)19(11-15)29-4/h5-11,13H,12H2,1-4H3,(H,23,26). The molecule has 1 heterocycles. The molecule has 2 amide bonds. The van der Waals surface area contributed by atoms with Crippen LogP contribution in [-0.4, -0.2) is 49.5 Å². The van der Waals surface area contributed by atoms with Gasteiger partial charge in [-0.05, 0) is 37.3 Å². The Hall–Kier alpha value is -3.39. The van der Waals surface area contributed by atoms with Gasteiger partial charge in [0.05, 0.1) is 20.8 Å². The zero-order chi connectivity index (χ0) is 21.7. The van der Waals surface area contributed by atoms with E-state index in [0.717, 1.165) is 11.1 Å². The summed E-state index contributed by atoms with van der Waals surface area (Å²) in [6, 6.07) is 12.9. The van der Waals surface area contributed by atoms with Crippen LogP contribution in [0.25, 0.3) is 10.6 Å². The summed E-state index contributed by atoms with van der Waals surface area (Å²) in [7, 11) is 4.71. The second-order valence-corrected chi connectivity index (χ2v) is 7.54. The van der Waals surface area contributed by atoms with Gasteiger partial charge in [0.15, 0.2) is 11.5 Å². The third-order valence-electron chi connectivity index (χ3n) is 4.42. The Balaban J connectivity index is 1.66.